The van der Waals surface area contributed by atoms with Gasteiger partial charge < -0.3 is 25.2 Å². The number of likely N-dealkylation sites (N-methyl/N-ethyl adjacent to an activating group) is 1. The third-order valence-corrected chi connectivity index (χ3v) is 6.61. The first-order chi connectivity index (χ1) is 17.1. The van der Waals surface area contributed by atoms with Crippen molar-refractivity contribution in [3.05, 3.63) is 78.8 Å². The van der Waals surface area contributed by atoms with E-state index in [2.05, 4.69) is 83.6 Å². The fourth-order valence-corrected chi connectivity index (χ4v) is 4.48. The summed E-state index contributed by atoms with van der Waals surface area (Å²) in [6.45, 7) is 8.97. The molecule has 8 heteroatoms. The molecule has 1 saturated heterocycles. The van der Waals surface area contributed by atoms with E-state index in [9.17, 15) is 0 Å². The van der Waals surface area contributed by atoms with Crippen LogP contribution in [0.15, 0.2) is 78.0 Å². The van der Waals surface area contributed by atoms with Gasteiger partial charge in [-0.25, -0.2) is 9.97 Å². The van der Waals surface area contributed by atoms with Gasteiger partial charge in [0.05, 0.1) is 24.7 Å². The summed E-state index contributed by atoms with van der Waals surface area (Å²) in [5.74, 6) is 3.27. The Hall–Kier alpha value is -3.07. The lowest BCUT2D eigenvalue weighted by atomic mass is 10.2. The minimum Gasteiger partial charge on any atom is -0.378 e. The van der Waals surface area contributed by atoms with E-state index < -0.39 is 0 Å². The molecule has 0 unspecified atom stereocenters. The van der Waals surface area contributed by atoms with Crippen LogP contribution in [0.1, 0.15) is 5.69 Å². The first kappa shape index (κ1) is 25.0. The highest BCUT2D eigenvalue weighted by Crippen LogP contribution is 2.27. The summed E-state index contributed by atoms with van der Waals surface area (Å²) in [6.07, 6.45) is 0. The van der Waals surface area contributed by atoms with E-state index in [1.807, 2.05) is 18.2 Å². The predicted octanol–water partition coefficient (Wildman–Crippen LogP) is 4.31. The van der Waals surface area contributed by atoms with E-state index in [0.717, 1.165) is 79.6 Å². The molecule has 1 fully saturated rings. The van der Waals surface area contributed by atoms with Crippen LogP contribution in [0.4, 0.5) is 11.5 Å². The molecule has 2 heterocycles. The van der Waals surface area contributed by atoms with Gasteiger partial charge in [0.15, 0.2) is 5.82 Å². The van der Waals surface area contributed by atoms with E-state index in [0.29, 0.717) is 0 Å². The zero-order valence-electron chi connectivity index (χ0n) is 20.5. The zero-order chi connectivity index (χ0) is 24.5. The van der Waals surface area contributed by atoms with Gasteiger partial charge in [0.1, 0.15) is 5.82 Å². The molecule has 1 aromatic heterocycles. The van der Waals surface area contributed by atoms with E-state index >= 15 is 0 Å². The van der Waals surface area contributed by atoms with Gasteiger partial charge in [-0.3, -0.25) is 0 Å². The smallest absolute Gasteiger partial charge is 0.161 e. The summed E-state index contributed by atoms with van der Waals surface area (Å²) in [5, 5.41) is 6.61. The Labute approximate surface area is 212 Å². The fraction of sp³-hybridized carbons (Fsp3) is 0.333. The molecule has 2 N–H and O–H groups in total. The van der Waals surface area contributed by atoms with Crippen molar-refractivity contribution >= 4 is 23.3 Å². The van der Waals surface area contributed by atoms with E-state index in [4.69, 9.17) is 14.7 Å². The number of hydrogen-bond donors (Lipinski definition) is 2. The lowest BCUT2D eigenvalue weighted by molar-refractivity contribution is 0.122. The highest BCUT2D eigenvalue weighted by Gasteiger charge is 2.16. The molecule has 0 radical (unpaired) electrons. The van der Waals surface area contributed by atoms with Crippen LogP contribution in [0.25, 0.3) is 11.4 Å². The molecule has 7 nitrogen and oxygen atoms in total. The monoisotopic (exact) mass is 490 g/mol. The lowest BCUT2D eigenvalue weighted by Crippen LogP contribution is -2.37. The maximum absolute atomic E-state index is 5.54. The van der Waals surface area contributed by atoms with Crippen LogP contribution >= 0.6 is 11.8 Å². The lowest BCUT2D eigenvalue weighted by Gasteiger charge is -2.28. The highest BCUT2D eigenvalue weighted by molar-refractivity contribution is 7.98. The Balaban J connectivity index is 1.49. The normalized spacial score (nSPS) is 13.6. The summed E-state index contributed by atoms with van der Waals surface area (Å²) < 4.78 is 5.54. The summed E-state index contributed by atoms with van der Waals surface area (Å²) in [5.41, 5.74) is 2.98. The first-order valence-corrected chi connectivity index (χ1v) is 12.9. The first-order valence-electron chi connectivity index (χ1n) is 11.9. The fourth-order valence-electron chi connectivity index (χ4n) is 3.67. The van der Waals surface area contributed by atoms with Gasteiger partial charge in [0.2, 0.25) is 0 Å². The van der Waals surface area contributed by atoms with E-state index in [-0.39, 0.29) is 0 Å². The molecule has 3 aromatic rings. The van der Waals surface area contributed by atoms with Crippen molar-refractivity contribution in [1.82, 2.24) is 20.2 Å². The Bertz CT molecular complexity index is 1080. The van der Waals surface area contributed by atoms with Crippen molar-refractivity contribution in [3.8, 4) is 11.4 Å². The van der Waals surface area contributed by atoms with Crippen molar-refractivity contribution in [2.24, 2.45) is 0 Å². The second kappa shape index (κ2) is 12.6. The minimum atomic E-state index is 0.722. The standard InChI is InChI=1S/C27H34N6OS/c1-21(28-13-14-32(2)3)29-23-11-9-22(10-12-23)27-30-24(20-35-25-7-5-4-6-8-25)19-26(31-27)33-15-17-34-18-16-33/h4-12,19,28-29H,1,13-18,20H2,2-3H3. The Morgan fingerprint density at radius 2 is 1.80 bits per heavy atom. The van der Waals surface area contributed by atoms with Crippen molar-refractivity contribution in [2.45, 2.75) is 10.6 Å². The summed E-state index contributed by atoms with van der Waals surface area (Å²) in [6, 6.07) is 20.7. The molecule has 4 rings (SSSR count). The summed E-state index contributed by atoms with van der Waals surface area (Å²) >= 11 is 1.79. The number of morpholine rings is 1. The molecule has 0 bridgehead atoms. The maximum atomic E-state index is 5.54. The number of nitrogens with zero attached hydrogens (tertiary/aromatic N) is 4. The van der Waals surface area contributed by atoms with Gasteiger partial charge in [-0.2, -0.15) is 0 Å². The minimum absolute atomic E-state index is 0.722. The second-order valence-electron chi connectivity index (χ2n) is 8.65. The molecule has 2 aromatic carbocycles. The second-order valence-corrected chi connectivity index (χ2v) is 9.70. The number of anilines is 2. The number of ether oxygens (including phenoxy) is 1. The third-order valence-electron chi connectivity index (χ3n) is 5.57. The van der Waals surface area contributed by atoms with Gasteiger partial charge in [-0.15, -0.1) is 11.8 Å². The zero-order valence-corrected chi connectivity index (χ0v) is 21.4. The van der Waals surface area contributed by atoms with Crippen molar-refractivity contribution < 1.29 is 4.74 Å². The molecular weight excluding hydrogens is 456 g/mol. The molecule has 184 valence electrons. The van der Waals surface area contributed by atoms with E-state index in [1.165, 1.54) is 4.90 Å². The molecule has 1 aliphatic heterocycles. The molecular formula is C27H34N6OS. The van der Waals surface area contributed by atoms with Crippen LogP contribution < -0.4 is 15.5 Å². The average Bonchev–Trinajstić information content (AvgIpc) is 2.88. The number of thioether (sulfide) groups is 1. The molecule has 0 amide bonds. The molecule has 0 saturated carbocycles. The van der Waals surface area contributed by atoms with Crippen LogP contribution in [0.3, 0.4) is 0 Å². The van der Waals surface area contributed by atoms with Crippen LogP contribution in [-0.4, -0.2) is 68.4 Å². The topological polar surface area (TPSA) is 65.5 Å². The maximum Gasteiger partial charge on any atom is 0.161 e. The molecule has 35 heavy (non-hydrogen) atoms. The predicted molar refractivity (Wildman–Crippen MR) is 146 cm³/mol. The number of hydrogen-bond acceptors (Lipinski definition) is 8. The van der Waals surface area contributed by atoms with Gasteiger partial charge >= 0.3 is 0 Å². The number of benzene rings is 2. The van der Waals surface area contributed by atoms with Gasteiger partial charge in [0.25, 0.3) is 0 Å². The molecule has 0 spiro atoms. The molecule has 0 aliphatic carbocycles. The summed E-state index contributed by atoms with van der Waals surface area (Å²) in [4.78, 5) is 15.5. The highest BCUT2D eigenvalue weighted by atomic mass is 32.2. The Morgan fingerprint density at radius 1 is 1.06 bits per heavy atom. The number of aromatic nitrogens is 2. The van der Waals surface area contributed by atoms with E-state index in [1.54, 1.807) is 11.8 Å². The Kier molecular flexibility index (Phi) is 9.00. The van der Waals surface area contributed by atoms with Crippen LogP contribution in [0.2, 0.25) is 0 Å². The van der Waals surface area contributed by atoms with Crippen LogP contribution in [-0.2, 0) is 10.5 Å². The SMILES string of the molecule is C=C(NCCN(C)C)Nc1ccc(-c2nc(CSc3ccccc3)cc(N3CCOCC3)n2)cc1. The summed E-state index contributed by atoms with van der Waals surface area (Å²) in [7, 11) is 4.11. The van der Waals surface area contributed by atoms with Crippen molar-refractivity contribution in [1.29, 1.82) is 0 Å². The molecule has 1 aliphatic rings. The van der Waals surface area contributed by atoms with Crippen molar-refractivity contribution in [3.63, 3.8) is 0 Å². The quantitative estimate of drug-likeness (QED) is 0.386. The van der Waals surface area contributed by atoms with Crippen LogP contribution in [0, 0.1) is 0 Å². The molecule has 0 atom stereocenters. The number of rotatable bonds is 11. The van der Waals surface area contributed by atoms with Crippen LogP contribution in [0.5, 0.6) is 0 Å². The average molecular weight is 491 g/mol. The van der Waals surface area contributed by atoms with Crippen molar-refractivity contribution in [2.75, 3.05) is 63.7 Å². The van der Waals surface area contributed by atoms with Gasteiger partial charge in [-0.1, -0.05) is 24.8 Å². The van der Waals surface area contributed by atoms with Gasteiger partial charge in [-0.05, 0) is 50.5 Å². The van der Waals surface area contributed by atoms with Gasteiger partial charge in [0, 0.05) is 54.1 Å². The number of nitrogens with one attached hydrogen (secondary N) is 2. The Morgan fingerprint density at radius 3 is 2.51 bits per heavy atom. The third kappa shape index (κ3) is 7.71. The largest absolute Gasteiger partial charge is 0.378 e.